The van der Waals surface area contributed by atoms with Crippen LogP contribution in [0.3, 0.4) is 0 Å². The molecule has 0 saturated carbocycles. The number of rotatable bonds is 3. The van der Waals surface area contributed by atoms with E-state index in [0.29, 0.717) is 5.57 Å². The van der Waals surface area contributed by atoms with Crippen molar-refractivity contribution in [1.29, 1.82) is 0 Å². The first-order valence-corrected chi connectivity index (χ1v) is 3.15. The summed E-state index contributed by atoms with van der Waals surface area (Å²) in [5, 5.41) is 8.56. The van der Waals surface area contributed by atoms with Gasteiger partial charge in [-0.05, 0) is 5.92 Å². The molecule has 0 fully saturated rings. The first-order chi connectivity index (χ1) is 4.59. The number of carboxylic acid groups (broad SMARTS) is 1. The maximum atomic E-state index is 10.4. The predicted molar refractivity (Wildman–Crippen MR) is 40.8 cm³/mol. The number of hydrogen-bond donors (Lipinski definition) is 1. The fourth-order valence-electron chi connectivity index (χ4n) is 0.638. The molecule has 1 N–H and O–H groups in total. The Bertz CT molecular complexity index is 166. The molecule has 0 rings (SSSR count). The lowest BCUT2D eigenvalue weighted by atomic mass is 10.0. The summed E-state index contributed by atoms with van der Waals surface area (Å²) in [5.41, 5.74) is 0.398. The number of carboxylic acids is 1. The Balaban J connectivity index is 4.41. The first kappa shape index (κ1) is 8.95. The minimum absolute atomic E-state index is 0.0514. The average Bonchev–Trinajstić information content (AvgIpc) is 1.81. The minimum Gasteiger partial charge on any atom is -0.478 e. The van der Waals surface area contributed by atoms with Crippen molar-refractivity contribution < 1.29 is 9.90 Å². The van der Waals surface area contributed by atoms with Crippen LogP contribution in [0.1, 0.15) is 13.8 Å². The zero-order chi connectivity index (χ0) is 8.15. The molecule has 0 atom stereocenters. The van der Waals surface area contributed by atoms with E-state index in [1.165, 1.54) is 12.2 Å². The van der Waals surface area contributed by atoms with E-state index >= 15 is 0 Å². The van der Waals surface area contributed by atoms with Gasteiger partial charge in [-0.25, -0.2) is 4.79 Å². The van der Waals surface area contributed by atoms with Crippen molar-refractivity contribution in [3.8, 4) is 0 Å². The summed E-state index contributed by atoms with van der Waals surface area (Å²) in [5.74, 6) is -0.814. The summed E-state index contributed by atoms with van der Waals surface area (Å²) in [7, 11) is 0. The molecule has 0 spiro atoms. The SMILES string of the molecule is C=C/C=C(/C(=O)O)C(C)C. The number of hydrogen-bond acceptors (Lipinski definition) is 1. The molecule has 2 heteroatoms. The van der Waals surface area contributed by atoms with E-state index in [4.69, 9.17) is 5.11 Å². The molecule has 0 aliphatic rings. The van der Waals surface area contributed by atoms with Crippen molar-refractivity contribution in [3.63, 3.8) is 0 Å². The topological polar surface area (TPSA) is 37.3 Å². The fraction of sp³-hybridized carbons (Fsp3) is 0.375. The summed E-state index contributed by atoms with van der Waals surface area (Å²) in [6.07, 6.45) is 3.01. The van der Waals surface area contributed by atoms with Gasteiger partial charge in [0.2, 0.25) is 0 Å². The van der Waals surface area contributed by atoms with Crippen LogP contribution in [-0.2, 0) is 4.79 Å². The van der Waals surface area contributed by atoms with Gasteiger partial charge in [-0.3, -0.25) is 0 Å². The Kier molecular flexibility index (Phi) is 3.47. The van der Waals surface area contributed by atoms with E-state index in [1.807, 2.05) is 13.8 Å². The van der Waals surface area contributed by atoms with E-state index in [0.717, 1.165) is 0 Å². The van der Waals surface area contributed by atoms with E-state index in [1.54, 1.807) is 0 Å². The molecular weight excluding hydrogens is 128 g/mol. The molecule has 0 radical (unpaired) electrons. The monoisotopic (exact) mass is 140 g/mol. The van der Waals surface area contributed by atoms with Gasteiger partial charge < -0.3 is 5.11 Å². The van der Waals surface area contributed by atoms with Crippen molar-refractivity contribution >= 4 is 5.97 Å². The second-order valence-corrected chi connectivity index (χ2v) is 2.32. The van der Waals surface area contributed by atoms with E-state index in [2.05, 4.69) is 6.58 Å². The van der Waals surface area contributed by atoms with Gasteiger partial charge in [-0.15, -0.1) is 0 Å². The predicted octanol–water partition coefficient (Wildman–Crippen LogP) is 1.84. The van der Waals surface area contributed by atoms with Gasteiger partial charge in [0, 0.05) is 5.57 Å². The molecule has 0 bridgehead atoms. The summed E-state index contributed by atoms with van der Waals surface area (Å²) in [4.78, 5) is 10.4. The maximum absolute atomic E-state index is 10.4. The van der Waals surface area contributed by atoms with Crippen molar-refractivity contribution in [2.24, 2.45) is 5.92 Å². The van der Waals surface area contributed by atoms with E-state index < -0.39 is 5.97 Å². The number of aliphatic carboxylic acids is 1. The van der Waals surface area contributed by atoms with Crippen molar-refractivity contribution in [2.45, 2.75) is 13.8 Å². The molecule has 0 unspecified atom stereocenters. The van der Waals surface area contributed by atoms with Crippen LogP contribution in [0.4, 0.5) is 0 Å². The molecule has 0 aliphatic carbocycles. The highest BCUT2D eigenvalue weighted by Crippen LogP contribution is 2.08. The van der Waals surface area contributed by atoms with E-state index in [9.17, 15) is 4.79 Å². The summed E-state index contributed by atoms with van der Waals surface area (Å²) >= 11 is 0. The molecule has 0 saturated heterocycles. The Morgan fingerprint density at radius 3 is 2.20 bits per heavy atom. The largest absolute Gasteiger partial charge is 0.478 e. The first-order valence-electron chi connectivity index (χ1n) is 3.15. The van der Waals surface area contributed by atoms with Crippen LogP contribution in [0.15, 0.2) is 24.3 Å². The molecule has 10 heavy (non-hydrogen) atoms. The third-order valence-corrected chi connectivity index (χ3v) is 1.17. The molecule has 0 aromatic carbocycles. The Morgan fingerprint density at radius 2 is 2.10 bits per heavy atom. The van der Waals surface area contributed by atoms with Gasteiger partial charge in [0.1, 0.15) is 0 Å². The number of allylic oxidation sites excluding steroid dienone is 2. The van der Waals surface area contributed by atoms with Crippen LogP contribution >= 0.6 is 0 Å². The lowest BCUT2D eigenvalue weighted by Crippen LogP contribution is -2.06. The molecule has 0 aromatic rings. The quantitative estimate of drug-likeness (QED) is 0.479. The second kappa shape index (κ2) is 3.88. The molecule has 0 aliphatic heterocycles. The molecule has 0 heterocycles. The van der Waals surface area contributed by atoms with Crippen LogP contribution in [0, 0.1) is 5.92 Å². The average molecular weight is 140 g/mol. The van der Waals surface area contributed by atoms with Gasteiger partial charge in [-0.2, -0.15) is 0 Å². The summed E-state index contributed by atoms with van der Waals surface area (Å²) in [6, 6.07) is 0. The zero-order valence-corrected chi connectivity index (χ0v) is 6.29. The van der Waals surface area contributed by atoms with Crippen LogP contribution in [0.5, 0.6) is 0 Å². The highest BCUT2D eigenvalue weighted by atomic mass is 16.4. The van der Waals surface area contributed by atoms with Gasteiger partial charge in [0.25, 0.3) is 0 Å². The third-order valence-electron chi connectivity index (χ3n) is 1.17. The molecule has 0 aromatic heterocycles. The van der Waals surface area contributed by atoms with Crippen LogP contribution < -0.4 is 0 Å². The van der Waals surface area contributed by atoms with Crippen LogP contribution in [0.25, 0.3) is 0 Å². The maximum Gasteiger partial charge on any atom is 0.331 e. The normalized spacial score (nSPS) is 11.7. The van der Waals surface area contributed by atoms with Crippen LogP contribution in [0.2, 0.25) is 0 Å². The molecule has 2 nitrogen and oxygen atoms in total. The van der Waals surface area contributed by atoms with Gasteiger partial charge >= 0.3 is 5.97 Å². The highest BCUT2D eigenvalue weighted by Gasteiger charge is 2.09. The summed E-state index contributed by atoms with van der Waals surface area (Å²) in [6.45, 7) is 7.10. The second-order valence-electron chi connectivity index (χ2n) is 2.32. The zero-order valence-electron chi connectivity index (χ0n) is 6.29. The molecule has 56 valence electrons. The van der Waals surface area contributed by atoms with Crippen LogP contribution in [-0.4, -0.2) is 11.1 Å². The smallest absolute Gasteiger partial charge is 0.331 e. The lowest BCUT2D eigenvalue weighted by Gasteiger charge is -2.02. The van der Waals surface area contributed by atoms with Gasteiger partial charge in [0.05, 0.1) is 0 Å². The number of carbonyl (C=O) groups is 1. The van der Waals surface area contributed by atoms with Crippen molar-refractivity contribution in [2.75, 3.05) is 0 Å². The summed E-state index contributed by atoms with van der Waals surface area (Å²) < 4.78 is 0. The Labute approximate surface area is 60.9 Å². The highest BCUT2D eigenvalue weighted by molar-refractivity contribution is 5.87. The molecular formula is C8H12O2. The fourth-order valence-corrected chi connectivity index (χ4v) is 0.638. The van der Waals surface area contributed by atoms with Crippen molar-refractivity contribution in [1.82, 2.24) is 0 Å². The Morgan fingerprint density at radius 1 is 1.60 bits per heavy atom. The lowest BCUT2D eigenvalue weighted by molar-refractivity contribution is -0.133. The third kappa shape index (κ3) is 2.49. The van der Waals surface area contributed by atoms with Gasteiger partial charge in [-0.1, -0.05) is 32.6 Å². The van der Waals surface area contributed by atoms with Crippen molar-refractivity contribution in [3.05, 3.63) is 24.3 Å². The molecule has 0 amide bonds. The Hall–Kier alpha value is -1.05. The standard InChI is InChI=1S/C8H12O2/c1-4-5-7(6(2)3)8(9)10/h4-6H,1H2,2-3H3,(H,9,10)/b7-5+. The van der Waals surface area contributed by atoms with Gasteiger partial charge in [0.15, 0.2) is 0 Å². The minimum atomic E-state index is -0.866. The van der Waals surface area contributed by atoms with E-state index in [-0.39, 0.29) is 5.92 Å².